The molecule has 3 amide bonds. The molecule has 236 valence electrons. The monoisotopic (exact) mass is 621 g/mol. The van der Waals surface area contributed by atoms with Gasteiger partial charge in [-0.05, 0) is 29.2 Å². The van der Waals surface area contributed by atoms with E-state index < -0.39 is 54.1 Å². The Morgan fingerprint density at radius 2 is 1.49 bits per heavy atom. The minimum Gasteiger partial charge on any atom is -0.489 e. The first-order valence-corrected chi connectivity index (χ1v) is 14.4. The van der Waals surface area contributed by atoms with Crippen LogP contribution in [0.4, 0.5) is 13.2 Å². The summed E-state index contributed by atoms with van der Waals surface area (Å²) in [5.74, 6) is -4.62. The van der Waals surface area contributed by atoms with Gasteiger partial charge in [0.1, 0.15) is 24.4 Å². The molecule has 3 aromatic carbocycles. The molecule has 2 atom stereocenters. The molecule has 8 nitrogen and oxygen atoms in total. The van der Waals surface area contributed by atoms with Gasteiger partial charge in [0.2, 0.25) is 11.8 Å². The Bertz CT molecular complexity index is 1570. The van der Waals surface area contributed by atoms with Crippen molar-refractivity contribution in [2.75, 3.05) is 0 Å². The maximum atomic E-state index is 14.3. The maximum Gasteiger partial charge on any atom is 0.452 e. The van der Waals surface area contributed by atoms with E-state index in [2.05, 4.69) is 0 Å². The van der Waals surface area contributed by atoms with Crippen molar-refractivity contribution in [1.29, 1.82) is 0 Å². The quantitative estimate of drug-likeness (QED) is 0.286. The van der Waals surface area contributed by atoms with Gasteiger partial charge >= 0.3 is 6.18 Å². The standard InChI is InChI=1S/C34H34F3N3O5/c1-22(2)31-33(44)40(39(24(4)42)29(32(43)34(35,36)37)18-25-12-7-5-8-13-25)30(20-38(31)23(3)41)27-16-11-17-28(19-27)45-21-26-14-9-6-10-15-26/h5-17,19-20,22,29,31H,18,21H2,1-4H3/t29?,31-/m1/s1. The number of carbonyl (C=O) groups excluding carboxylic acids is 4. The van der Waals surface area contributed by atoms with Crippen molar-refractivity contribution in [3.8, 4) is 5.75 Å². The third-order valence-corrected chi connectivity index (χ3v) is 7.31. The molecule has 45 heavy (non-hydrogen) atoms. The summed E-state index contributed by atoms with van der Waals surface area (Å²) in [6.07, 6.45) is -4.50. The van der Waals surface area contributed by atoms with Crippen LogP contribution < -0.4 is 4.74 Å². The molecule has 0 aromatic heterocycles. The van der Waals surface area contributed by atoms with E-state index in [0.717, 1.165) is 17.5 Å². The number of nitrogens with zero attached hydrogens (tertiary/aromatic N) is 3. The predicted molar refractivity (Wildman–Crippen MR) is 161 cm³/mol. The number of carbonyl (C=O) groups is 4. The highest BCUT2D eigenvalue weighted by Gasteiger charge is 2.51. The van der Waals surface area contributed by atoms with Crippen LogP contribution in [-0.2, 0) is 32.2 Å². The van der Waals surface area contributed by atoms with Gasteiger partial charge in [-0.25, -0.2) is 10.0 Å². The van der Waals surface area contributed by atoms with Crippen LogP contribution in [0.25, 0.3) is 5.70 Å². The normalized spacial score (nSPS) is 15.9. The second-order valence-corrected chi connectivity index (χ2v) is 11.0. The molecule has 0 spiro atoms. The highest BCUT2D eigenvalue weighted by molar-refractivity contribution is 6.00. The Balaban J connectivity index is 1.88. The topological polar surface area (TPSA) is 87.2 Å². The molecule has 0 fully saturated rings. The number of hydrazine groups is 1. The lowest BCUT2D eigenvalue weighted by molar-refractivity contribution is -0.187. The molecular formula is C34H34F3N3O5. The minimum absolute atomic E-state index is 0.0690. The van der Waals surface area contributed by atoms with Crippen molar-refractivity contribution in [3.05, 3.63) is 108 Å². The SMILES string of the molecule is CC(=O)N1C=C(c2cccc(OCc3ccccc3)c2)N(N(C(C)=O)C(Cc2ccccc2)C(=O)C(F)(F)F)C(=O)[C@H]1C(C)C. The fourth-order valence-corrected chi connectivity index (χ4v) is 5.24. The summed E-state index contributed by atoms with van der Waals surface area (Å²) < 4.78 is 48.2. The second kappa shape index (κ2) is 13.8. The Labute approximate surface area is 259 Å². The number of Topliss-reactive ketones (excluding diaryl/α,β-unsaturated/α-hetero) is 1. The van der Waals surface area contributed by atoms with Crippen LogP contribution in [0.3, 0.4) is 0 Å². The van der Waals surface area contributed by atoms with Gasteiger partial charge in [-0.1, -0.05) is 86.6 Å². The van der Waals surface area contributed by atoms with E-state index in [1.165, 1.54) is 30.2 Å². The number of benzene rings is 3. The summed E-state index contributed by atoms with van der Waals surface area (Å²) in [6, 6.07) is 20.4. The number of amides is 3. The average Bonchev–Trinajstić information content (AvgIpc) is 3.00. The van der Waals surface area contributed by atoms with Crippen LogP contribution in [0, 0.1) is 5.92 Å². The van der Waals surface area contributed by atoms with E-state index in [-0.39, 0.29) is 17.9 Å². The third kappa shape index (κ3) is 7.60. The van der Waals surface area contributed by atoms with Crippen molar-refractivity contribution in [2.24, 2.45) is 5.92 Å². The second-order valence-electron chi connectivity index (χ2n) is 11.0. The van der Waals surface area contributed by atoms with Gasteiger partial charge in [0.05, 0.1) is 5.70 Å². The number of ketones is 1. The molecule has 1 aliphatic rings. The fourth-order valence-electron chi connectivity index (χ4n) is 5.24. The van der Waals surface area contributed by atoms with Gasteiger partial charge in [-0.3, -0.25) is 19.2 Å². The first-order valence-electron chi connectivity index (χ1n) is 14.4. The highest BCUT2D eigenvalue weighted by Crippen LogP contribution is 2.35. The van der Waals surface area contributed by atoms with E-state index in [4.69, 9.17) is 4.74 Å². The van der Waals surface area contributed by atoms with Crippen molar-refractivity contribution in [2.45, 2.75) is 59.0 Å². The first kappa shape index (κ1) is 33.0. The van der Waals surface area contributed by atoms with Crippen molar-refractivity contribution in [1.82, 2.24) is 14.9 Å². The Kier molecular flexibility index (Phi) is 10.1. The Hall–Kier alpha value is -4.93. The summed E-state index contributed by atoms with van der Waals surface area (Å²) in [5.41, 5.74) is 1.44. The lowest BCUT2D eigenvalue weighted by atomic mass is 9.96. The van der Waals surface area contributed by atoms with Crippen molar-refractivity contribution >= 4 is 29.2 Å². The van der Waals surface area contributed by atoms with E-state index in [1.807, 2.05) is 30.3 Å². The lowest BCUT2D eigenvalue weighted by Crippen LogP contribution is -2.64. The molecule has 11 heteroatoms. The van der Waals surface area contributed by atoms with Crippen LogP contribution in [0.1, 0.15) is 44.4 Å². The predicted octanol–water partition coefficient (Wildman–Crippen LogP) is 5.79. The fraction of sp³-hybridized carbons (Fsp3) is 0.294. The van der Waals surface area contributed by atoms with E-state index >= 15 is 0 Å². The zero-order valence-corrected chi connectivity index (χ0v) is 25.3. The number of ether oxygens (including phenoxy) is 1. The summed E-state index contributed by atoms with van der Waals surface area (Å²) in [5, 5.41) is 1.39. The number of halogens is 3. The van der Waals surface area contributed by atoms with Gasteiger partial charge in [0.25, 0.3) is 11.7 Å². The molecule has 1 heterocycles. The van der Waals surface area contributed by atoms with Gasteiger partial charge in [0, 0.05) is 32.0 Å². The Morgan fingerprint density at radius 3 is 2.02 bits per heavy atom. The van der Waals surface area contributed by atoms with Crippen molar-refractivity contribution < 1.29 is 37.1 Å². The molecule has 0 radical (unpaired) electrons. The summed E-state index contributed by atoms with van der Waals surface area (Å²) >= 11 is 0. The van der Waals surface area contributed by atoms with E-state index in [0.29, 0.717) is 16.3 Å². The largest absolute Gasteiger partial charge is 0.489 e. The van der Waals surface area contributed by atoms with Crippen LogP contribution in [0.2, 0.25) is 0 Å². The molecule has 0 saturated heterocycles. The van der Waals surface area contributed by atoms with E-state index in [9.17, 15) is 32.3 Å². The summed E-state index contributed by atoms with van der Waals surface area (Å²) in [4.78, 5) is 54.6. The number of hydrogen-bond acceptors (Lipinski definition) is 5. The molecule has 0 saturated carbocycles. The molecule has 1 unspecified atom stereocenters. The van der Waals surface area contributed by atoms with Crippen molar-refractivity contribution in [3.63, 3.8) is 0 Å². The number of rotatable bonds is 10. The van der Waals surface area contributed by atoms with Gasteiger partial charge in [-0.2, -0.15) is 13.2 Å². The number of hydrogen-bond donors (Lipinski definition) is 0. The summed E-state index contributed by atoms with van der Waals surface area (Å²) in [6.45, 7) is 5.81. The molecule has 3 aromatic rings. The maximum absolute atomic E-state index is 14.3. The smallest absolute Gasteiger partial charge is 0.452 e. The molecule has 1 aliphatic heterocycles. The van der Waals surface area contributed by atoms with Gasteiger partial charge < -0.3 is 9.64 Å². The summed E-state index contributed by atoms with van der Waals surface area (Å²) in [7, 11) is 0. The zero-order valence-electron chi connectivity index (χ0n) is 25.3. The Morgan fingerprint density at radius 1 is 0.889 bits per heavy atom. The van der Waals surface area contributed by atoms with E-state index in [1.54, 1.807) is 56.3 Å². The zero-order chi connectivity index (χ0) is 32.9. The average molecular weight is 622 g/mol. The van der Waals surface area contributed by atoms with Crippen LogP contribution in [0.15, 0.2) is 91.1 Å². The minimum atomic E-state index is -5.32. The molecule has 0 bridgehead atoms. The van der Waals surface area contributed by atoms with Crippen LogP contribution in [-0.4, -0.2) is 56.7 Å². The van der Waals surface area contributed by atoms with Crippen LogP contribution >= 0.6 is 0 Å². The first-order chi connectivity index (χ1) is 21.3. The molecule has 0 N–H and O–H groups in total. The third-order valence-electron chi connectivity index (χ3n) is 7.31. The van der Waals surface area contributed by atoms with Crippen LogP contribution in [0.5, 0.6) is 5.75 Å². The molecular weight excluding hydrogens is 587 g/mol. The molecule has 0 aliphatic carbocycles. The van der Waals surface area contributed by atoms with Gasteiger partial charge in [-0.15, -0.1) is 0 Å². The lowest BCUT2D eigenvalue weighted by Gasteiger charge is -2.46. The number of alkyl halides is 3. The van der Waals surface area contributed by atoms with Gasteiger partial charge in [0.15, 0.2) is 0 Å². The highest BCUT2D eigenvalue weighted by atomic mass is 19.4. The molecule has 4 rings (SSSR count).